The van der Waals surface area contributed by atoms with Gasteiger partial charge in [-0.1, -0.05) is 11.6 Å². The van der Waals surface area contributed by atoms with Crippen LogP contribution >= 0.6 is 11.6 Å². The van der Waals surface area contributed by atoms with Gasteiger partial charge >= 0.3 is 6.01 Å². The number of piperidine rings is 1. The molecule has 1 unspecified atom stereocenters. The maximum atomic E-state index is 14.9. The van der Waals surface area contributed by atoms with Gasteiger partial charge in [0.05, 0.1) is 17.0 Å². The number of aromatic nitrogens is 3. The third-order valence-electron chi connectivity index (χ3n) is 7.71. The Morgan fingerprint density at radius 2 is 2.06 bits per heavy atom. The zero-order valence-electron chi connectivity index (χ0n) is 17.7. The number of nitrogens with zero attached hydrogens (tertiary/aromatic N) is 5. The maximum absolute atomic E-state index is 14.9. The fourth-order valence-corrected chi connectivity index (χ4v) is 6.14. The fourth-order valence-electron chi connectivity index (χ4n) is 6.01. The Labute approximate surface area is 189 Å². The van der Waals surface area contributed by atoms with Crippen molar-refractivity contribution in [3.63, 3.8) is 0 Å². The summed E-state index contributed by atoms with van der Waals surface area (Å²) >= 11 is 5.94. The number of pyridine rings is 1. The van der Waals surface area contributed by atoms with Gasteiger partial charge in [-0.15, -0.1) is 0 Å². The van der Waals surface area contributed by atoms with Gasteiger partial charge in [-0.05, 0) is 44.1 Å². The first kappa shape index (κ1) is 20.7. The average molecular weight is 466 g/mol. The first-order chi connectivity index (χ1) is 15.4. The van der Waals surface area contributed by atoms with Gasteiger partial charge in [-0.2, -0.15) is 9.97 Å². The Morgan fingerprint density at radius 1 is 1.22 bits per heavy atom. The number of aliphatic hydroxyl groups excluding tert-OH is 1. The Hall–Kier alpha value is -1.84. The van der Waals surface area contributed by atoms with E-state index in [1.165, 1.54) is 6.20 Å². The molecule has 10 heteroatoms. The van der Waals surface area contributed by atoms with Crippen LogP contribution < -0.4 is 9.64 Å². The van der Waals surface area contributed by atoms with E-state index in [2.05, 4.69) is 19.9 Å². The predicted molar refractivity (Wildman–Crippen MR) is 115 cm³/mol. The van der Waals surface area contributed by atoms with Gasteiger partial charge in [-0.3, -0.25) is 4.90 Å². The van der Waals surface area contributed by atoms with Crippen LogP contribution in [0.5, 0.6) is 6.01 Å². The minimum atomic E-state index is -0.862. The van der Waals surface area contributed by atoms with Gasteiger partial charge < -0.3 is 14.7 Å². The molecule has 1 saturated carbocycles. The van der Waals surface area contributed by atoms with Gasteiger partial charge in [0.25, 0.3) is 0 Å². The second-order valence-electron chi connectivity index (χ2n) is 10.1. The molecule has 0 aromatic carbocycles. The number of halogens is 3. The molecule has 5 heterocycles. The van der Waals surface area contributed by atoms with Gasteiger partial charge in [0, 0.05) is 32.3 Å². The lowest BCUT2D eigenvalue weighted by Gasteiger charge is -2.37. The zero-order valence-corrected chi connectivity index (χ0v) is 18.5. The molecule has 4 aliphatic rings. The number of hydrogen-bond acceptors (Lipinski definition) is 7. The zero-order chi connectivity index (χ0) is 22.1. The summed E-state index contributed by atoms with van der Waals surface area (Å²) in [5.41, 5.74) is -0.214. The summed E-state index contributed by atoms with van der Waals surface area (Å²) in [7, 11) is 0. The van der Waals surface area contributed by atoms with Crippen molar-refractivity contribution in [1.82, 2.24) is 19.9 Å². The van der Waals surface area contributed by atoms with Crippen molar-refractivity contribution in [3.05, 3.63) is 17.2 Å². The molecular formula is C22H26ClF2N5O2. The second kappa shape index (κ2) is 7.33. The van der Waals surface area contributed by atoms with Crippen LogP contribution in [0.1, 0.15) is 38.5 Å². The lowest BCUT2D eigenvalue weighted by molar-refractivity contribution is 0.107. The number of hydrogen-bond donors (Lipinski definition) is 1. The summed E-state index contributed by atoms with van der Waals surface area (Å²) in [5.74, 6) is -0.227. The Morgan fingerprint density at radius 3 is 2.88 bits per heavy atom. The van der Waals surface area contributed by atoms with E-state index in [9.17, 15) is 13.9 Å². The molecule has 172 valence electrons. The molecular weight excluding hydrogens is 440 g/mol. The molecule has 6 rings (SSSR count). The largest absolute Gasteiger partial charge is 0.461 e. The fraction of sp³-hybridized carbons (Fsp3) is 0.682. The summed E-state index contributed by atoms with van der Waals surface area (Å²) in [6, 6.07) is 0.0436. The molecule has 3 atom stereocenters. The van der Waals surface area contributed by atoms with Gasteiger partial charge in [0.15, 0.2) is 11.0 Å². The lowest BCUT2D eigenvalue weighted by Crippen LogP contribution is -2.45. The lowest BCUT2D eigenvalue weighted by atomic mass is 9.93. The smallest absolute Gasteiger partial charge is 0.319 e. The highest BCUT2D eigenvalue weighted by Crippen LogP contribution is 2.53. The van der Waals surface area contributed by atoms with Gasteiger partial charge in [0.1, 0.15) is 24.1 Å². The van der Waals surface area contributed by atoms with E-state index < -0.39 is 18.1 Å². The van der Waals surface area contributed by atoms with Crippen molar-refractivity contribution in [2.75, 3.05) is 37.7 Å². The standard InChI is InChI=1S/C22H26ClF2N5O2/c23-18-16(25)17-15(8-26-18)19(29-10-14(31)7-21(11-29)3-4-21)28-20(27-17)32-12-22-2-1-5-30(22)9-13(24)6-22/h8,13-14,31H,1-7,9-12H2/t13-,14?,22+/m1/s1. The van der Waals surface area contributed by atoms with E-state index in [4.69, 9.17) is 16.3 Å². The number of anilines is 1. The van der Waals surface area contributed by atoms with Crippen LogP contribution in [0.3, 0.4) is 0 Å². The normalized spacial score (nSPS) is 31.4. The third-order valence-corrected chi connectivity index (χ3v) is 7.98. The molecule has 7 nitrogen and oxygen atoms in total. The average Bonchev–Trinajstić information content (AvgIpc) is 3.24. The molecule has 4 fully saturated rings. The van der Waals surface area contributed by atoms with Crippen molar-refractivity contribution >= 4 is 28.3 Å². The number of β-amino-alcohol motifs (C(OH)–C–C–N with tert-alkyl or cyclic N) is 1. The summed E-state index contributed by atoms with van der Waals surface area (Å²) in [4.78, 5) is 17.0. The molecule has 1 spiro atoms. The minimum absolute atomic E-state index is 0.0436. The van der Waals surface area contributed by atoms with Crippen LogP contribution in [0.4, 0.5) is 14.6 Å². The molecule has 32 heavy (non-hydrogen) atoms. The van der Waals surface area contributed by atoms with Crippen molar-refractivity contribution < 1.29 is 18.6 Å². The van der Waals surface area contributed by atoms with E-state index in [0.29, 0.717) is 30.7 Å². The summed E-state index contributed by atoms with van der Waals surface area (Å²) in [6.45, 7) is 2.68. The number of alkyl halides is 1. The highest BCUT2D eigenvalue weighted by molar-refractivity contribution is 6.30. The molecule has 1 aliphatic carbocycles. The van der Waals surface area contributed by atoms with E-state index in [0.717, 1.165) is 45.2 Å². The first-order valence-electron chi connectivity index (χ1n) is 11.3. The number of fused-ring (bicyclic) bond motifs is 2. The topological polar surface area (TPSA) is 74.6 Å². The SMILES string of the molecule is OC1CN(c2nc(OC[C@@]34CCCN3C[C@H](F)C4)nc3c(F)c(Cl)ncc23)CC2(CC2)C1. The van der Waals surface area contributed by atoms with Crippen molar-refractivity contribution in [1.29, 1.82) is 0 Å². The van der Waals surface area contributed by atoms with Gasteiger partial charge in [0.2, 0.25) is 0 Å². The molecule has 0 amide bonds. The third kappa shape index (κ3) is 3.40. The minimum Gasteiger partial charge on any atom is -0.461 e. The van der Waals surface area contributed by atoms with E-state index >= 15 is 0 Å². The molecule has 1 N–H and O–H groups in total. The van der Waals surface area contributed by atoms with E-state index in [-0.39, 0.29) is 34.2 Å². The Balaban J connectivity index is 1.36. The van der Waals surface area contributed by atoms with Crippen molar-refractivity contribution in [2.45, 2.75) is 56.3 Å². The van der Waals surface area contributed by atoms with E-state index in [1.54, 1.807) is 0 Å². The molecule has 0 radical (unpaired) electrons. The molecule has 0 bridgehead atoms. The van der Waals surface area contributed by atoms with Crippen LogP contribution in [0.2, 0.25) is 5.15 Å². The Kier molecular flexibility index (Phi) is 4.75. The maximum Gasteiger partial charge on any atom is 0.319 e. The monoisotopic (exact) mass is 465 g/mol. The van der Waals surface area contributed by atoms with Crippen molar-refractivity contribution in [3.8, 4) is 6.01 Å². The summed E-state index contributed by atoms with van der Waals surface area (Å²) in [6.07, 6.45) is 5.33. The quantitative estimate of drug-likeness (QED) is 0.695. The van der Waals surface area contributed by atoms with E-state index in [1.807, 2.05) is 4.90 Å². The van der Waals surface area contributed by atoms with Crippen LogP contribution in [0.25, 0.3) is 10.9 Å². The summed E-state index contributed by atoms with van der Waals surface area (Å²) in [5, 5.41) is 10.6. The van der Waals surface area contributed by atoms with Crippen LogP contribution in [-0.2, 0) is 0 Å². The molecule has 3 aliphatic heterocycles. The Bertz CT molecular complexity index is 1070. The molecule has 3 saturated heterocycles. The van der Waals surface area contributed by atoms with Crippen LogP contribution in [0.15, 0.2) is 6.20 Å². The molecule has 2 aromatic heterocycles. The van der Waals surface area contributed by atoms with Crippen LogP contribution in [-0.4, -0.2) is 75.6 Å². The van der Waals surface area contributed by atoms with Crippen LogP contribution in [0, 0.1) is 11.2 Å². The number of aliphatic hydroxyl groups is 1. The summed E-state index contributed by atoms with van der Waals surface area (Å²) < 4.78 is 35.0. The first-order valence-corrected chi connectivity index (χ1v) is 11.7. The van der Waals surface area contributed by atoms with Crippen molar-refractivity contribution in [2.24, 2.45) is 5.41 Å². The van der Waals surface area contributed by atoms with Gasteiger partial charge in [-0.25, -0.2) is 13.8 Å². The number of ether oxygens (including phenoxy) is 1. The highest BCUT2D eigenvalue weighted by Gasteiger charge is 2.50. The molecule has 2 aromatic rings. The predicted octanol–water partition coefficient (Wildman–Crippen LogP) is 3.12. The second-order valence-corrected chi connectivity index (χ2v) is 10.4. The number of rotatable bonds is 4. The highest BCUT2D eigenvalue weighted by atomic mass is 35.5.